The fourth-order valence-electron chi connectivity index (χ4n) is 3.82. The third-order valence-corrected chi connectivity index (χ3v) is 5.58. The summed E-state index contributed by atoms with van der Waals surface area (Å²) in [6, 6.07) is 12.8. The van der Waals surface area contributed by atoms with Crippen LogP contribution in [-0.2, 0) is 16.1 Å². The molecule has 0 radical (unpaired) electrons. The number of anilines is 1. The molecule has 2 aromatic heterocycles. The maximum atomic E-state index is 14.8. The summed E-state index contributed by atoms with van der Waals surface area (Å²) in [5.41, 5.74) is 0.134. The second-order valence-corrected chi connectivity index (χ2v) is 7.83. The SMILES string of the molecule is N#Cc1c(NC(=O)C2CCOCC2)nc(OCc2ccc[n+]([O-])c2)c(C#N)c1-c1ccccc1F. The minimum atomic E-state index is -0.658. The van der Waals surface area contributed by atoms with Crippen LogP contribution >= 0.6 is 0 Å². The Labute approximate surface area is 200 Å². The van der Waals surface area contributed by atoms with Crippen molar-refractivity contribution in [1.29, 1.82) is 10.5 Å². The molecule has 1 amide bonds. The van der Waals surface area contributed by atoms with Gasteiger partial charge in [-0.1, -0.05) is 18.2 Å². The zero-order valence-corrected chi connectivity index (χ0v) is 18.5. The van der Waals surface area contributed by atoms with E-state index in [4.69, 9.17) is 9.47 Å². The van der Waals surface area contributed by atoms with Crippen LogP contribution in [0.4, 0.5) is 10.2 Å². The summed E-state index contributed by atoms with van der Waals surface area (Å²) >= 11 is 0. The van der Waals surface area contributed by atoms with Crippen LogP contribution in [0.25, 0.3) is 11.1 Å². The molecule has 1 aliphatic rings. The molecule has 3 heterocycles. The van der Waals surface area contributed by atoms with Crippen molar-refractivity contribution in [3.05, 3.63) is 76.5 Å². The molecule has 1 aromatic carbocycles. The lowest BCUT2D eigenvalue weighted by Crippen LogP contribution is -2.29. The van der Waals surface area contributed by atoms with E-state index in [1.54, 1.807) is 12.1 Å². The molecular formula is C25H20FN5O4. The van der Waals surface area contributed by atoms with Gasteiger partial charge in [0.1, 0.15) is 35.7 Å². The van der Waals surface area contributed by atoms with E-state index in [0.717, 1.165) is 0 Å². The number of ether oxygens (including phenoxy) is 2. The van der Waals surface area contributed by atoms with E-state index in [-0.39, 0.29) is 52.4 Å². The Morgan fingerprint density at radius 3 is 2.63 bits per heavy atom. The number of nitrogens with zero attached hydrogens (tertiary/aromatic N) is 4. The number of hydrogen-bond donors (Lipinski definition) is 1. The van der Waals surface area contributed by atoms with Crippen molar-refractivity contribution < 1.29 is 23.4 Å². The minimum absolute atomic E-state index is 0.00785. The molecule has 0 unspecified atom stereocenters. The number of nitrogens with one attached hydrogen (secondary N) is 1. The molecule has 1 saturated heterocycles. The number of carbonyl (C=O) groups is 1. The van der Waals surface area contributed by atoms with Gasteiger partial charge in [-0.3, -0.25) is 4.79 Å². The zero-order valence-electron chi connectivity index (χ0n) is 18.5. The average Bonchev–Trinajstić information content (AvgIpc) is 2.88. The van der Waals surface area contributed by atoms with E-state index in [0.29, 0.717) is 36.3 Å². The molecule has 4 rings (SSSR count). The predicted octanol–water partition coefficient (Wildman–Crippen LogP) is 3.21. The quantitative estimate of drug-likeness (QED) is 0.429. The Morgan fingerprint density at radius 1 is 1.20 bits per heavy atom. The highest BCUT2D eigenvalue weighted by Crippen LogP contribution is 2.37. The van der Waals surface area contributed by atoms with Gasteiger partial charge in [0, 0.05) is 36.3 Å². The Hall–Kier alpha value is -4.54. The van der Waals surface area contributed by atoms with Crippen molar-refractivity contribution in [3.8, 4) is 29.1 Å². The molecule has 1 aliphatic heterocycles. The van der Waals surface area contributed by atoms with Crippen LogP contribution in [0.3, 0.4) is 0 Å². The first-order valence-electron chi connectivity index (χ1n) is 10.8. The first-order valence-corrected chi connectivity index (χ1v) is 10.8. The highest BCUT2D eigenvalue weighted by Gasteiger charge is 2.28. The summed E-state index contributed by atoms with van der Waals surface area (Å²) in [4.78, 5) is 17.2. The minimum Gasteiger partial charge on any atom is -0.619 e. The molecule has 3 aromatic rings. The number of carbonyl (C=O) groups excluding carboxylic acids is 1. The molecule has 1 N–H and O–H groups in total. The number of rotatable bonds is 6. The summed E-state index contributed by atoms with van der Waals surface area (Å²) in [6.07, 6.45) is 3.62. The second kappa shape index (κ2) is 10.6. The third-order valence-electron chi connectivity index (χ3n) is 5.58. The van der Waals surface area contributed by atoms with Gasteiger partial charge in [-0.2, -0.15) is 20.2 Å². The lowest BCUT2D eigenvalue weighted by atomic mass is 9.95. The first kappa shape index (κ1) is 23.6. The number of pyridine rings is 2. The van der Waals surface area contributed by atoms with E-state index in [1.807, 2.05) is 12.1 Å². The standard InChI is InChI=1S/C25H20FN5O4/c26-21-6-2-1-5-18(21)22-19(12-27)23(29-24(32)17-7-10-34-11-8-17)30-25(20(22)13-28)35-15-16-4-3-9-31(33)14-16/h1-6,9,14,17H,7-8,10-11,15H2,(H,29,30,32). The van der Waals surface area contributed by atoms with Crippen LogP contribution in [0.5, 0.6) is 5.88 Å². The van der Waals surface area contributed by atoms with Crippen LogP contribution in [0.15, 0.2) is 48.8 Å². The van der Waals surface area contributed by atoms with Gasteiger partial charge in [0.15, 0.2) is 18.2 Å². The Balaban J connectivity index is 1.81. The monoisotopic (exact) mass is 473 g/mol. The average molecular weight is 473 g/mol. The van der Waals surface area contributed by atoms with Crippen LogP contribution in [0.2, 0.25) is 0 Å². The van der Waals surface area contributed by atoms with Gasteiger partial charge in [-0.05, 0) is 25.0 Å². The number of aromatic nitrogens is 2. The van der Waals surface area contributed by atoms with E-state index < -0.39 is 5.82 Å². The zero-order chi connectivity index (χ0) is 24.8. The second-order valence-electron chi connectivity index (χ2n) is 7.83. The maximum Gasteiger partial charge on any atom is 0.234 e. The van der Waals surface area contributed by atoms with Crippen molar-refractivity contribution >= 4 is 11.7 Å². The van der Waals surface area contributed by atoms with E-state index in [1.165, 1.54) is 36.7 Å². The summed E-state index contributed by atoms with van der Waals surface area (Å²) in [7, 11) is 0. The van der Waals surface area contributed by atoms with Crippen molar-refractivity contribution in [1.82, 2.24) is 4.98 Å². The smallest absolute Gasteiger partial charge is 0.234 e. The molecule has 0 aliphatic carbocycles. The van der Waals surface area contributed by atoms with Gasteiger partial charge in [0.05, 0.1) is 5.56 Å². The molecular weight excluding hydrogens is 453 g/mol. The Bertz CT molecular complexity index is 1340. The lowest BCUT2D eigenvalue weighted by Gasteiger charge is -2.22. The highest BCUT2D eigenvalue weighted by molar-refractivity contribution is 5.95. The molecule has 9 nitrogen and oxygen atoms in total. The van der Waals surface area contributed by atoms with Crippen LogP contribution in [-0.4, -0.2) is 24.1 Å². The van der Waals surface area contributed by atoms with Gasteiger partial charge in [-0.15, -0.1) is 0 Å². The Morgan fingerprint density at radius 2 is 1.94 bits per heavy atom. The van der Waals surface area contributed by atoms with E-state index >= 15 is 0 Å². The fourth-order valence-corrected chi connectivity index (χ4v) is 3.82. The molecule has 0 atom stereocenters. The van der Waals surface area contributed by atoms with Crippen LogP contribution < -0.4 is 14.8 Å². The maximum absolute atomic E-state index is 14.8. The number of benzene rings is 1. The van der Waals surface area contributed by atoms with Gasteiger partial charge in [0.2, 0.25) is 11.8 Å². The number of halogens is 1. The molecule has 0 saturated carbocycles. The summed E-state index contributed by atoms with van der Waals surface area (Å²) < 4.78 is 26.4. The third kappa shape index (κ3) is 5.18. The van der Waals surface area contributed by atoms with Crippen molar-refractivity contribution in [3.63, 3.8) is 0 Å². The predicted molar refractivity (Wildman–Crippen MR) is 121 cm³/mol. The summed E-state index contributed by atoms with van der Waals surface area (Å²) in [5, 5.41) is 34.1. The number of amides is 1. The molecule has 0 spiro atoms. The first-order chi connectivity index (χ1) is 17.0. The van der Waals surface area contributed by atoms with Crippen LogP contribution in [0.1, 0.15) is 29.5 Å². The van der Waals surface area contributed by atoms with Gasteiger partial charge in [0.25, 0.3) is 0 Å². The normalized spacial score (nSPS) is 13.5. The van der Waals surface area contributed by atoms with Gasteiger partial charge >= 0.3 is 0 Å². The summed E-state index contributed by atoms with van der Waals surface area (Å²) in [6.45, 7) is 0.756. The van der Waals surface area contributed by atoms with Crippen LogP contribution in [0, 0.1) is 39.6 Å². The van der Waals surface area contributed by atoms with Crippen molar-refractivity contribution in [2.24, 2.45) is 5.92 Å². The molecule has 35 heavy (non-hydrogen) atoms. The van der Waals surface area contributed by atoms with Gasteiger partial charge in [-0.25, -0.2) is 4.39 Å². The molecule has 0 bridgehead atoms. The van der Waals surface area contributed by atoms with Crippen molar-refractivity contribution in [2.45, 2.75) is 19.4 Å². The number of hydrogen-bond acceptors (Lipinski definition) is 7. The summed E-state index contributed by atoms with van der Waals surface area (Å²) in [5.74, 6) is -1.69. The van der Waals surface area contributed by atoms with Crippen molar-refractivity contribution in [2.75, 3.05) is 18.5 Å². The molecule has 10 heteroatoms. The molecule has 1 fully saturated rings. The number of nitriles is 2. The highest BCUT2D eigenvalue weighted by atomic mass is 19.1. The van der Waals surface area contributed by atoms with Gasteiger partial charge < -0.3 is 20.0 Å². The van der Waals surface area contributed by atoms with E-state index in [9.17, 15) is 24.9 Å². The Kier molecular flexibility index (Phi) is 7.15. The topological polar surface area (TPSA) is 135 Å². The molecule has 176 valence electrons. The van der Waals surface area contributed by atoms with E-state index in [2.05, 4.69) is 10.3 Å². The fraction of sp³-hybridized carbons (Fsp3) is 0.240. The lowest BCUT2D eigenvalue weighted by molar-refractivity contribution is -0.606. The largest absolute Gasteiger partial charge is 0.619 e.